The molecule has 0 aromatic heterocycles. The lowest BCUT2D eigenvalue weighted by molar-refractivity contribution is -0.137. The van der Waals surface area contributed by atoms with Crippen molar-refractivity contribution in [3.63, 3.8) is 0 Å². The smallest absolute Gasteiger partial charge is 0.416 e. The number of hydrogen-bond acceptors (Lipinski definition) is 3. The van der Waals surface area contributed by atoms with E-state index in [1.54, 1.807) is 20.8 Å². The number of halogens is 3. The third-order valence-electron chi connectivity index (χ3n) is 2.66. The van der Waals surface area contributed by atoms with E-state index in [1.165, 1.54) is 12.1 Å². The SMILES string of the molecule is CC(C)(C)OC(=O)N[C@H](CC=O)c1ccc(C(F)(F)F)cc1. The summed E-state index contributed by atoms with van der Waals surface area (Å²) in [4.78, 5) is 22.4. The van der Waals surface area contributed by atoms with Crippen LogP contribution in [0.1, 0.15) is 44.4 Å². The molecular formula is C15H18F3NO3. The summed E-state index contributed by atoms with van der Waals surface area (Å²) in [6.07, 6.45) is -4.65. The van der Waals surface area contributed by atoms with Gasteiger partial charge in [-0.2, -0.15) is 13.2 Å². The third kappa shape index (κ3) is 5.75. The van der Waals surface area contributed by atoms with Gasteiger partial charge >= 0.3 is 12.3 Å². The maximum absolute atomic E-state index is 12.5. The van der Waals surface area contributed by atoms with Crippen LogP contribution in [0.4, 0.5) is 18.0 Å². The monoisotopic (exact) mass is 317 g/mol. The molecule has 0 bridgehead atoms. The van der Waals surface area contributed by atoms with E-state index in [0.717, 1.165) is 12.1 Å². The standard InChI is InChI=1S/C15H18F3NO3/c1-14(2,3)22-13(21)19-12(8-9-20)10-4-6-11(7-5-10)15(16,17)18/h4-7,9,12H,8H2,1-3H3,(H,19,21)/t12-/m1/s1. The molecule has 1 atom stereocenters. The van der Waals surface area contributed by atoms with Crippen LogP contribution in [0.2, 0.25) is 0 Å². The Balaban J connectivity index is 2.87. The van der Waals surface area contributed by atoms with Crippen molar-refractivity contribution in [2.24, 2.45) is 0 Å². The van der Waals surface area contributed by atoms with Gasteiger partial charge in [-0.15, -0.1) is 0 Å². The second-order valence-corrected chi connectivity index (χ2v) is 5.72. The lowest BCUT2D eigenvalue weighted by atomic mass is 10.0. The molecule has 1 rings (SSSR count). The largest absolute Gasteiger partial charge is 0.444 e. The summed E-state index contributed by atoms with van der Waals surface area (Å²) in [5.74, 6) is 0. The molecule has 4 nitrogen and oxygen atoms in total. The number of carbonyl (C=O) groups excluding carboxylic acids is 2. The van der Waals surface area contributed by atoms with E-state index in [0.29, 0.717) is 11.8 Å². The normalized spacial score (nSPS) is 13.4. The van der Waals surface area contributed by atoms with E-state index < -0.39 is 29.5 Å². The molecule has 0 saturated carbocycles. The van der Waals surface area contributed by atoms with Crippen molar-refractivity contribution in [3.05, 3.63) is 35.4 Å². The van der Waals surface area contributed by atoms with Crippen LogP contribution < -0.4 is 5.32 Å². The van der Waals surface area contributed by atoms with Gasteiger partial charge in [0.15, 0.2) is 0 Å². The van der Waals surface area contributed by atoms with Crippen LogP contribution >= 0.6 is 0 Å². The molecule has 7 heteroatoms. The molecule has 0 aliphatic heterocycles. The van der Waals surface area contributed by atoms with E-state index in [1.807, 2.05) is 0 Å². The van der Waals surface area contributed by atoms with E-state index in [-0.39, 0.29) is 6.42 Å². The third-order valence-corrected chi connectivity index (χ3v) is 2.66. The maximum Gasteiger partial charge on any atom is 0.416 e. The first-order valence-corrected chi connectivity index (χ1v) is 6.63. The summed E-state index contributed by atoms with van der Waals surface area (Å²) in [6.45, 7) is 5.04. The Kier molecular flexibility index (Phi) is 5.57. The number of rotatable bonds is 4. The molecule has 1 amide bonds. The number of alkyl halides is 3. The maximum atomic E-state index is 12.5. The van der Waals surface area contributed by atoms with E-state index >= 15 is 0 Å². The Morgan fingerprint density at radius 1 is 1.23 bits per heavy atom. The molecule has 1 aromatic carbocycles. The summed E-state index contributed by atoms with van der Waals surface area (Å²) in [7, 11) is 0. The van der Waals surface area contributed by atoms with Crippen LogP contribution in [0.3, 0.4) is 0 Å². The Morgan fingerprint density at radius 2 is 1.77 bits per heavy atom. The zero-order valence-electron chi connectivity index (χ0n) is 12.5. The average molecular weight is 317 g/mol. The predicted molar refractivity (Wildman–Crippen MR) is 74.2 cm³/mol. The second kappa shape index (κ2) is 6.81. The van der Waals surface area contributed by atoms with Crippen LogP contribution in [0.25, 0.3) is 0 Å². The Labute approximate surface area is 126 Å². The highest BCUT2D eigenvalue weighted by Crippen LogP contribution is 2.30. The van der Waals surface area contributed by atoms with Gasteiger partial charge in [-0.1, -0.05) is 12.1 Å². The first-order valence-electron chi connectivity index (χ1n) is 6.63. The minimum Gasteiger partial charge on any atom is -0.444 e. The topological polar surface area (TPSA) is 55.4 Å². The molecule has 0 aliphatic carbocycles. The van der Waals surface area contributed by atoms with Gasteiger partial charge in [0.05, 0.1) is 11.6 Å². The van der Waals surface area contributed by atoms with Gasteiger partial charge in [0.1, 0.15) is 11.9 Å². The predicted octanol–water partition coefficient (Wildman–Crippen LogP) is 3.86. The number of aldehydes is 1. The second-order valence-electron chi connectivity index (χ2n) is 5.72. The molecule has 22 heavy (non-hydrogen) atoms. The van der Waals surface area contributed by atoms with Crippen LogP contribution in [0.5, 0.6) is 0 Å². The van der Waals surface area contributed by atoms with Crippen molar-refractivity contribution in [1.29, 1.82) is 0 Å². The first-order chi connectivity index (χ1) is 10.0. The minimum atomic E-state index is -4.43. The lowest BCUT2D eigenvalue weighted by Crippen LogP contribution is -2.35. The highest BCUT2D eigenvalue weighted by molar-refractivity contribution is 5.69. The zero-order chi connectivity index (χ0) is 17.0. The van der Waals surface area contributed by atoms with Crippen molar-refractivity contribution in [2.75, 3.05) is 0 Å². The molecule has 0 aliphatic rings. The Hall–Kier alpha value is -2.05. The Bertz CT molecular complexity index is 518. The average Bonchev–Trinajstić information content (AvgIpc) is 2.35. The molecule has 0 saturated heterocycles. The number of amides is 1. The van der Waals surface area contributed by atoms with Crippen molar-refractivity contribution >= 4 is 12.4 Å². The fourth-order valence-electron chi connectivity index (χ4n) is 1.73. The molecule has 0 heterocycles. The fraction of sp³-hybridized carbons (Fsp3) is 0.467. The van der Waals surface area contributed by atoms with Gasteiger partial charge < -0.3 is 14.8 Å². The molecule has 0 radical (unpaired) electrons. The molecule has 0 spiro atoms. The van der Waals surface area contributed by atoms with E-state index in [9.17, 15) is 22.8 Å². The number of hydrogen-bond donors (Lipinski definition) is 1. The first kappa shape index (κ1) is 18.0. The van der Waals surface area contributed by atoms with Crippen LogP contribution in [0, 0.1) is 0 Å². The van der Waals surface area contributed by atoms with Crippen molar-refractivity contribution < 1.29 is 27.5 Å². The number of alkyl carbamates (subject to hydrolysis) is 1. The highest BCUT2D eigenvalue weighted by atomic mass is 19.4. The highest BCUT2D eigenvalue weighted by Gasteiger charge is 2.30. The van der Waals surface area contributed by atoms with Crippen molar-refractivity contribution in [1.82, 2.24) is 5.32 Å². The van der Waals surface area contributed by atoms with E-state index in [2.05, 4.69) is 5.32 Å². The van der Waals surface area contributed by atoms with E-state index in [4.69, 9.17) is 4.74 Å². The summed E-state index contributed by atoms with van der Waals surface area (Å²) in [5, 5.41) is 2.48. The molecule has 122 valence electrons. The van der Waals surface area contributed by atoms with Crippen LogP contribution in [-0.4, -0.2) is 18.0 Å². The van der Waals surface area contributed by atoms with Gasteiger partial charge in [-0.3, -0.25) is 0 Å². The Morgan fingerprint density at radius 3 is 2.18 bits per heavy atom. The summed E-state index contributed by atoms with van der Waals surface area (Å²) in [5.41, 5.74) is -1.11. The van der Waals surface area contributed by atoms with Gasteiger partial charge in [0.25, 0.3) is 0 Å². The van der Waals surface area contributed by atoms with Crippen molar-refractivity contribution in [3.8, 4) is 0 Å². The number of nitrogens with one attached hydrogen (secondary N) is 1. The zero-order valence-corrected chi connectivity index (χ0v) is 12.5. The number of carbonyl (C=O) groups is 2. The molecular weight excluding hydrogens is 299 g/mol. The minimum absolute atomic E-state index is 0.0649. The summed E-state index contributed by atoms with van der Waals surface area (Å²) >= 11 is 0. The summed E-state index contributed by atoms with van der Waals surface area (Å²) < 4.78 is 42.6. The number of ether oxygens (including phenoxy) is 1. The van der Waals surface area contributed by atoms with Crippen LogP contribution in [-0.2, 0) is 15.7 Å². The van der Waals surface area contributed by atoms with Crippen LogP contribution in [0.15, 0.2) is 24.3 Å². The summed E-state index contributed by atoms with van der Waals surface area (Å²) in [6, 6.07) is 3.53. The molecule has 1 N–H and O–H groups in total. The van der Waals surface area contributed by atoms with Gasteiger partial charge in [0.2, 0.25) is 0 Å². The van der Waals surface area contributed by atoms with Gasteiger partial charge in [-0.25, -0.2) is 4.79 Å². The quantitative estimate of drug-likeness (QED) is 0.858. The van der Waals surface area contributed by atoms with Gasteiger partial charge in [-0.05, 0) is 38.5 Å². The molecule has 1 aromatic rings. The molecule has 0 fully saturated rings. The van der Waals surface area contributed by atoms with Gasteiger partial charge in [0, 0.05) is 6.42 Å². The lowest BCUT2D eigenvalue weighted by Gasteiger charge is -2.23. The number of benzene rings is 1. The van der Waals surface area contributed by atoms with Crippen molar-refractivity contribution in [2.45, 2.75) is 45.0 Å². The fourth-order valence-corrected chi connectivity index (χ4v) is 1.73. The molecule has 0 unspecified atom stereocenters.